The number of hydrogen-bond acceptors (Lipinski definition) is 2. The number of nitrogens with zero attached hydrogens (tertiary/aromatic N) is 2. The number of unbranched alkanes of at least 4 members (excludes halogenated alkanes) is 9. The Morgan fingerprint density at radius 2 is 1.48 bits per heavy atom. The maximum Gasteiger partial charge on any atom is 0.274 e. The number of rotatable bonds is 11. The summed E-state index contributed by atoms with van der Waals surface area (Å²) in [6.07, 6.45) is 14.9. The fourth-order valence-electron chi connectivity index (χ4n) is 3.04. The smallest absolute Gasteiger partial charge is 0.267 e. The van der Waals surface area contributed by atoms with E-state index >= 15 is 0 Å². The predicted molar refractivity (Wildman–Crippen MR) is 97.8 cm³/mol. The minimum absolute atomic E-state index is 0.0408. The van der Waals surface area contributed by atoms with E-state index in [1.54, 1.807) is 10.9 Å². The molecule has 0 spiro atoms. The SMILES string of the molecule is CCCCCCCCCCCCn1ncc2ccccc2c1=O. The van der Waals surface area contributed by atoms with Gasteiger partial charge in [0.05, 0.1) is 11.6 Å². The highest BCUT2D eigenvalue weighted by Gasteiger charge is 2.02. The monoisotopic (exact) mass is 314 g/mol. The summed E-state index contributed by atoms with van der Waals surface area (Å²) >= 11 is 0. The van der Waals surface area contributed by atoms with Crippen LogP contribution in [0.2, 0.25) is 0 Å². The zero-order chi connectivity index (χ0) is 16.3. The molecule has 0 saturated carbocycles. The fourth-order valence-corrected chi connectivity index (χ4v) is 3.04. The van der Waals surface area contributed by atoms with Crippen molar-refractivity contribution >= 4 is 10.8 Å². The van der Waals surface area contributed by atoms with Crippen LogP contribution in [0.5, 0.6) is 0 Å². The van der Waals surface area contributed by atoms with Crippen LogP contribution in [0.3, 0.4) is 0 Å². The molecule has 0 unspecified atom stereocenters. The van der Waals surface area contributed by atoms with E-state index in [0.717, 1.165) is 23.7 Å². The second-order valence-corrected chi connectivity index (χ2v) is 6.44. The first-order chi connectivity index (χ1) is 11.3. The van der Waals surface area contributed by atoms with Crippen LogP contribution < -0.4 is 5.56 Å². The molecule has 1 aromatic heterocycles. The highest BCUT2D eigenvalue weighted by atomic mass is 16.1. The molecule has 0 N–H and O–H groups in total. The highest BCUT2D eigenvalue weighted by Crippen LogP contribution is 2.11. The molecule has 23 heavy (non-hydrogen) atoms. The Labute approximate surface area is 139 Å². The predicted octanol–water partition coefficient (Wildman–Crippen LogP) is 5.32. The average molecular weight is 314 g/mol. The lowest BCUT2D eigenvalue weighted by Crippen LogP contribution is -2.22. The van der Waals surface area contributed by atoms with Crippen molar-refractivity contribution in [2.24, 2.45) is 0 Å². The van der Waals surface area contributed by atoms with Crippen LogP contribution in [-0.2, 0) is 6.54 Å². The largest absolute Gasteiger partial charge is 0.274 e. The Kier molecular flexibility index (Phi) is 7.85. The van der Waals surface area contributed by atoms with E-state index in [9.17, 15) is 4.79 Å². The van der Waals surface area contributed by atoms with Gasteiger partial charge in [-0.3, -0.25) is 4.79 Å². The summed E-state index contributed by atoms with van der Waals surface area (Å²) in [5, 5.41) is 5.99. The van der Waals surface area contributed by atoms with E-state index in [2.05, 4.69) is 12.0 Å². The first-order valence-corrected chi connectivity index (χ1v) is 9.28. The Morgan fingerprint density at radius 3 is 2.17 bits per heavy atom. The second-order valence-electron chi connectivity index (χ2n) is 6.44. The number of aromatic nitrogens is 2. The van der Waals surface area contributed by atoms with E-state index in [0.29, 0.717) is 0 Å². The van der Waals surface area contributed by atoms with Crippen molar-refractivity contribution in [2.75, 3.05) is 0 Å². The van der Waals surface area contributed by atoms with E-state index in [1.165, 1.54) is 57.8 Å². The van der Waals surface area contributed by atoms with Gasteiger partial charge in [-0.2, -0.15) is 5.10 Å². The van der Waals surface area contributed by atoms with Crippen molar-refractivity contribution in [3.05, 3.63) is 40.8 Å². The lowest BCUT2D eigenvalue weighted by Gasteiger charge is -2.06. The molecule has 126 valence electrons. The van der Waals surface area contributed by atoms with Crippen molar-refractivity contribution in [1.29, 1.82) is 0 Å². The van der Waals surface area contributed by atoms with Gasteiger partial charge in [0, 0.05) is 11.9 Å². The van der Waals surface area contributed by atoms with Gasteiger partial charge in [-0.15, -0.1) is 0 Å². The zero-order valence-electron chi connectivity index (χ0n) is 14.5. The third-order valence-electron chi connectivity index (χ3n) is 4.49. The Bertz CT molecular complexity index is 633. The lowest BCUT2D eigenvalue weighted by molar-refractivity contribution is 0.504. The van der Waals surface area contributed by atoms with Gasteiger partial charge in [0.15, 0.2) is 0 Å². The molecule has 0 fully saturated rings. The van der Waals surface area contributed by atoms with Crippen LogP contribution in [0.4, 0.5) is 0 Å². The first kappa shape index (κ1) is 17.7. The van der Waals surface area contributed by atoms with Crippen LogP contribution in [-0.4, -0.2) is 9.78 Å². The molecule has 0 atom stereocenters. The van der Waals surface area contributed by atoms with Crippen molar-refractivity contribution in [2.45, 2.75) is 77.7 Å². The third-order valence-corrected chi connectivity index (χ3v) is 4.49. The van der Waals surface area contributed by atoms with Gasteiger partial charge in [-0.25, -0.2) is 4.68 Å². The molecular formula is C20H30N2O. The molecule has 0 amide bonds. The molecule has 3 heteroatoms. The molecule has 1 aromatic carbocycles. The van der Waals surface area contributed by atoms with Crippen molar-refractivity contribution in [3.8, 4) is 0 Å². The average Bonchev–Trinajstić information content (AvgIpc) is 2.58. The van der Waals surface area contributed by atoms with Gasteiger partial charge in [-0.1, -0.05) is 82.9 Å². The summed E-state index contributed by atoms with van der Waals surface area (Å²) in [5.74, 6) is 0. The van der Waals surface area contributed by atoms with Gasteiger partial charge in [0.2, 0.25) is 0 Å². The molecule has 0 aliphatic carbocycles. The zero-order valence-corrected chi connectivity index (χ0v) is 14.5. The Balaban J connectivity index is 1.63. The normalized spacial score (nSPS) is 11.2. The first-order valence-electron chi connectivity index (χ1n) is 9.28. The topological polar surface area (TPSA) is 34.9 Å². The fraction of sp³-hybridized carbons (Fsp3) is 0.600. The number of aryl methyl sites for hydroxylation is 1. The van der Waals surface area contributed by atoms with Crippen molar-refractivity contribution < 1.29 is 0 Å². The quantitative estimate of drug-likeness (QED) is 0.526. The summed E-state index contributed by atoms with van der Waals surface area (Å²) in [5.41, 5.74) is 0.0408. The Hall–Kier alpha value is -1.64. The molecule has 0 aliphatic rings. The standard InChI is InChI=1S/C20H30N2O/c1-2-3-4-5-6-7-8-9-10-13-16-22-20(23)19-15-12-11-14-18(19)17-21-22/h11-12,14-15,17H,2-10,13,16H2,1H3. The number of fused-ring (bicyclic) bond motifs is 1. The summed E-state index contributed by atoms with van der Waals surface area (Å²) < 4.78 is 1.62. The molecule has 0 radical (unpaired) electrons. The van der Waals surface area contributed by atoms with E-state index < -0.39 is 0 Å². The minimum atomic E-state index is 0.0408. The lowest BCUT2D eigenvalue weighted by atomic mass is 10.1. The van der Waals surface area contributed by atoms with Crippen LogP contribution in [0.1, 0.15) is 71.1 Å². The van der Waals surface area contributed by atoms with E-state index in [4.69, 9.17) is 0 Å². The molecular weight excluding hydrogens is 284 g/mol. The highest BCUT2D eigenvalue weighted by molar-refractivity contribution is 5.80. The van der Waals surface area contributed by atoms with Gasteiger partial charge in [0.25, 0.3) is 5.56 Å². The maximum absolute atomic E-state index is 12.3. The van der Waals surface area contributed by atoms with E-state index in [-0.39, 0.29) is 5.56 Å². The summed E-state index contributed by atoms with van der Waals surface area (Å²) in [4.78, 5) is 12.3. The summed E-state index contributed by atoms with van der Waals surface area (Å²) in [7, 11) is 0. The minimum Gasteiger partial charge on any atom is -0.267 e. The van der Waals surface area contributed by atoms with Gasteiger partial charge < -0.3 is 0 Å². The number of benzene rings is 1. The Morgan fingerprint density at radius 1 is 0.870 bits per heavy atom. The number of hydrogen-bond donors (Lipinski definition) is 0. The van der Waals surface area contributed by atoms with Crippen LogP contribution in [0.15, 0.2) is 35.3 Å². The molecule has 2 rings (SSSR count). The molecule has 0 saturated heterocycles. The maximum atomic E-state index is 12.3. The van der Waals surface area contributed by atoms with Gasteiger partial charge in [0.1, 0.15) is 0 Å². The van der Waals surface area contributed by atoms with Crippen LogP contribution in [0.25, 0.3) is 10.8 Å². The second kappa shape index (κ2) is 10.2. The summed E-state index contributed by atoms with van der Waals surface area (Å²) in [6.45, 7) is 3.00. The van der Waals surface area contributed by atoms with Gasteiger partial charge >= 0.3 is 0 Å². The molecule has 3 nitrogen and oxygen atoms in total. The molecule has 0 aliphatic heterocycles. The van der Waals surface area contributed by atoms with Crippen molar-refractivity contribution in [3.63, 3.8) is 0 Å². The van der Waals surface area contributed by atoms with E-state index in [1.807, 2.05) is 24.3 Å². The molecule has 0 bridgehead atoms. The third kappa shape index (κ3) is 5.81. The van der Waals surface area contributed by atoms with Crippen LogP contribution in [0, 0.1) is 0 Å². The summed E-state index contributed by atoms with van der Waals surface area (Å²) in [6, 6.07) is 7.67. The van der Waals surface area contributed by atoms with Gasteiger partial charge in [-0.05, 0) is 12.5 Å². The van der Waals surface area contributed by atoms with Crippen molar-refractivity contribution in [1.82, 2.24) is 9.78 Å². The molecule has 1 heterocycles. The molecule has 2 aromatic rings. The van der Waals surface area contributed by atoms with Crippen LogP contribution >= 0.6 is 0 Å².